The quantitative estimate of drug-likeness (QED) is 0.747. The van der Waals surface area contributed by atoms with E-state index in [-0.39, 0.29) is 18.2 Å². The number of hydrogen-bond acceptors (Lipinski definition) is 5. The number of carbonyl (C=O) groups is 1. The van der Waals surface area contributed by atoms with E-state index in [2.05, 4.69) is 15.4 Å². The highest BCUT2D eigenvalue weighted by Crippen LogP contribution is 2.29. The van der Waals surface area contributed by atoms with E-state index in [1.165, 1.54) is 6.20 Å². The Bertz CT molecular complexity index is 666. The lowest BCUT2D eigenvalue weighted by molar-refractivity contribution is 0.0697. The molecule has 0 aromatic carbocycles. The van der Waals surface area contributed by atoms with Gasteiger partial charge in [-0.25, -0.2) is 9.78 Å². The van der Waals surface area contributed by atoms with Gasteiger partial charge < -0.3 is 15.5 Å². The number of rotatable bonds is 6. The molecule has 0 aliphatic heterocycles. The van der Waals surface area contributed by atoms with Gasteiger partial charge >= 0.3 is 5.97 Å². The SMILES string of the molecule is Cc1nn(C)c2ncc(C(=O)O)c(NC(C)CCCO)c12. The minimum absolute atomic E-state index is 0.0421. The van der Waals surface area contributed by atoms with Crippen LogP contribution in [0.3, 0.4) is 0 Å². The van der Waals surface area contributed by atoms with Crippen LogP contribution in [-0.4, -0.2) is 43.6 Å². The average molecular weight is 292 g/mol. The molecule has 0 fully saturated rings. The Hall–Kier alpha value is -2.15. The van der Waals surface area contributed by atoms with Gasteiger partial charge in [0.2, 0.25) is 0 Å². The van der Waals surface area contributed by atoms with Crippen LogP contribution in [0, 0.1) is 6.92 Å². The lowest BCUT2D eigenvalue weighted by Gasteiger charge is -2.17. The first-order valence-electron chi connectivity index (χ1n) is 6.88. The summed E-state index contributed by atoms with van der Waals surface area (Å²) in [6, 6.07) is 0.0421. The molecule has 0 spiro atoms. The van der Waals surface area contributed by atoms with E-state index in [0.29, 0.717) is 17.8 Å². The summed E-state index contributed by atoms with van der Waals surface area (Å²) in [6.07, 6.45) is 2.77. The summed E-state index contributed by atoms with van der Waals surface area (Å²) in [6.45, 7) is 3.91. The molecule has 114 valence electrons. The van der Waals surface area contributed by atoms with Gasteiger partial charge in [-0.15, -0.1) is 0 Å². The Balaban J connectivity index is 2.51. The van der Waals surface area contributed by atoms with E-state index in [0.717, 1.165) is 17.5 Å². The second-order valence-corrected chi connectivity index (χ2v) is 5.17. The molecule has 3 N–H and O–H groups in total. The molecule has 7 nitrogen and oxygen atoms in total. The molecule has 1 atom stereocenters. The molecule has 0 aliphatic carbocycles. The van der Waals surface area contributed by atoms with Crippen LogP contribution in [0.1, 0.15) is 35.8 Å². The molecule has 1 unspecified atom stereocenters. The van der Waals surface area contributed by atoms with Crippen molar-refractivity contribution < 1.29 is 15.0 Å². The van der Waals surface area contributed by atoms with Gasteiger partial charge in [-0.2, -0.15) is 5.10 Å². The maximum atomic E-state index is 11.4. The number of aromatic carboxylic acids is 1. The monoisotopic (exact) mass is 292 g/mol. The normalized spacial score (nSPS) is 12.6. The number of anilines is 1. The topological polar surface area (TPSA) is 100 Å². The third-order valence-corrected chi connectivity index (χ3v) is 3.44. The highest BCUT2D eigenvalue weighted by atomic mass is 16.4. The molecular formula is C14H20N4O3. The summed E-state index contributed by atoms with van der Waals surface area (Å²) < 4.78 is 1.64. The Morgan fingerprint density at radius 3 is 2.86 bits per heavy atom. The van der Waals surface area contributed by atoms with Crippen molar-refractivity contribution in [2.24, 2.45) is 7.05 Å². The first kappa shape index (κ1) is 15.2. The smallest absolute Gasteiger partial charge is 0.339 e. The molecule has 0 radical (unpaired) electrons. The maximum absolute atomic E-state index is 11.4. The van der Waals surface area contributed by atoms with Crippen molar-refractivity contribution in [3.05, 3.63) is 17.5 Å². The van der Waals surface area contributed by atoms with E-state index in [4.69, 9.17) is 5.11 Å². The van der Waals surface area contributed by atoms with Crippen LogP contribution >= 0.6 is 0 Å². The van der Waals surface area contributed by atoms with Gasteiger partial charge in [0.25, 0.3) is 0 Å². The molecule has 0 saturated heterocycles. The van der Waals surface area contributed by atoms with Crippen molar-refractivity contribution >= 4 is 22.7 Å². The van der Waals surface area contributed by atoms with Crippen LogP contribution in [0.25, 0.3) is 11.0 Å². The van der Waals surface area contributed by atoms with Gasteiger partial charge in [0, 0.05) is 25.9 Å². The van der Waals surface area contributed by atoms with Crippen molar-refractivity contribution in [3.63, 3.8) is 0 Å². The number of nitrogens with zero attached hydrogens (tertiary/aromatic N) is 3. The van der Waals surface area contributed by atoms with Crippen LogP contribution in [0.15, 0.2) is 6.20 Å². The van der Waals surface area contributed by atoms with Crippen molar-refractivity contribution in [3.8, 4) is 0 Å². The predicted molar refractivity (Wildman–Crippen MR) is 79.6 cm³/mol. The van der Waals surface area contributed by atoms with E-state index < -0.39 is 5.97 Å². The lowest BCUT2D eigenvalue weighted by atomic mass is 10.1. The second kappa shape index (κ2) is 6.09. The van der Waals surface area contributed by atoms with Crippen LogP contribution in [0.5, 0.6) is 0 Å². The Morgan fingerprint density at radius 2 is 2.24 bits per heavy atom. The summed E-state index contributed by atoms with van der Waals surface area (Å²) in [5.41, 5.74) is 2.06. The fraction of sp³-hybridized carbons (Fsp3) is 0.500. The second-order valence-electron chi connectivity index (χ2n) is 5.17. The Labute approximate surface area is 122 Å². The van der Waals surface area contributed by atoms with Crippen molar-refractivity contribution in [1.29, 1.82) is 0 Å². The predicted octanol–water partition coefficient (Wildman–Crippen LogP) is 1.55. The minimum atomic E-state index is -1.02. The van der Waals surface area contributed by atoms with Crippen molar-refractivity contribution in [2.45, 2.75) is 32.7 Å². The Kier molecular flexibility index (Phi) is 4.42. The molecule has 0 aliphatic rings. The molecular weight excluding hydrogens is 272 g/mol. The summed E-state index contributed by atoms with van der Waals surface area (Å²) in [7, 11) is 1.78. The average Bonchev–Trinajstić information content (AvgIpc) is 2.72. The highest BCUT2D eigenvalue weighted by molar-refractivity contribution is 6.04. The molecule has 2 aromatic rings. The number of carboxylic acid groups (broad SMARTS) is 1. The molecule has 2 heterocycles. The number of nitrogens with one attached hydrogen (secondary N) is 1. The minimum Gasteiger partial charge on any atom is -0.478 e. The molecule has 0 bridgehead atoms. The third-order valence-electron chi connectivity index (χ3n) is 3.44. The summed E-state index contributed by atoms with van der Waals surface area (Å²) in [5.74, 6) is -1.02. The summed E-state index contributed by atoms with van der Waals surface area (Å²) in [4.78, 5) is 15.6. The van der Waals surface area contributed by atoms with Crippen LogP contribution in [0.2, 0.25) is 0 Å². The van der Waals surface area contributed by atoms with Crippen molar-refractivity contribution in [1.82, 2.24) is 14.8 Å². The first-order chi connectivity index (χ1) is 9.95. The summed E-state index contributed by atoms with van der Waals surface area (Å²) in [5, 5.41) is 26.5. The number of fused-ring (bicyclic) bond motifs is 1. The van der Waals surface area contributed by atoms with Crippen molar-refractivity contribution in [2.75, 3.05) is 11.9 Å². The summed E-state index contributed by atoms with van der Waals surface area (Å²) >= 11 is 0. The number of aliphatic hydroxyl groups is 1. The van der Waals surface area contributed by atoms with E-state index in [9.17, 15) is 9.90 Å². The number of aliphatic hydroxyl groups excluding tert-OH is 1. The van der Waals surface area contributed by atoms with Gasteiger partial charge in [-0.3, -0.25) is 4.68 Å². The fourth-order valence-corrected chi connectivity index (χ4v) is 2.44. The van der Waals surface area contributed by atoms with Gasteiger partial charge in [-0.05, 0) is 26.7 Å². The van der Waals surface area contributed by atoms with Crippen LogP contribution < -0.4 is 5.32 Å². The standard InChI is InChI=1S/C14H20N4O3/c1-8(5-4-6-19)16-12-10(14(20)21)7-15-13-11(12)9(2)17-18(13)3/h7-8,19H,4-6H2,1-3H3,(H,15,16)(H,20,21). The Morgan fingerprint density at radius 1 is 1.52 bits per heavy atom. The van der Waals surface area contributed by atoms with Gasteiger partial charge in [0.1, 0.15) is 5.56 Å². The molecule has 0 saturated carbocycles. The number of pyridine rings is 1. The largest absolute Gasteiger partial charge is 0.478 e. The molecule has 2 aromatic heterocycles. The zero-order valence-electron chi connectivity index (χ0n) is 12.4. The van der Waals surface area contributed by atoms with E-state index >= 15 is 0 Å². The number of carboxylic acids is 1. The van der Waals surface area contributed by atoms with E-state index in [1.54, 1.807) is 11.7 Å². The molecule has 0 amide bonds. The third kappa shape index (κ3) is 2.97. The lowest BCUT2D eigenvalue weighted by Crippen LogP contribution is -2.18. The number of hydrogen-bond donors (Lipinski definition) is 3. The maximum Gasteiger partial charge on any atom is 0.339 e. The first-order valence-corrected chi connectivity index (χ1v) is 6.88. The number of aromatic nitrogens is 3. The van der Waals surface area contributed by atoms with E-state index in [1.807, 2.05) is 13.8 Å². The molecule has 21 heavy (non-hydrogen) atoms. The van der Waals surface area contributed by atoms with Crippen LogP contribution in [0.4, 0.5) is 5.69 Å². The van der Waals surface area contributed by atoms with Gasteiger partial charge in [-0.1, -0.05) is 0 Å². The molecule has 2 rings (SSSR count). The van der Waals surface area contributed by atoms with Gasteiger partial charge in [0.05, 0.1) is 16.8 Å². The van der Waals surface area contributed by atoms with Crippen LogP contribution in [-0.2, 0) is 7.05 Å². The fourth-order valence-electron chi connectivity index (χ4n) is 2.44. The zero-order valence-corrected chi connectivity index (χ0v) is 12.4. The highest BCUT2D eigenvalue weighted by Gasteiger charge is 2.20. The molecule has 7 heteroatoms. The number of aryl methyl sites for hydroxylation is 2. The van der Waals surface area contributed by atoms with Gasteiger partial charge in [0.15, 0.2) is 5.65 Å². The zero-order chi connectivity index (χ0) is 15.6.